The first-order valence-electron chi connectivity index (χ1n) is 8.93. The number of nitrogens with zero attached hydrogens (tertiary/aromatic N) is 2. The van der Waals surface area contributed by atoms with Gasteiger partial charge in [0.15, 0.2) is 0 Å². The highest BCUT2D eigenvalue weighted by atomic mass is 16.5. The number of ether oxygens (including phenoxy) is 2. The molecule has 2 aliphatic rings. The fourth-order valence-corrected chi connectivity index (χ4v) is 3.99. The van der Waals surface area contributed by atoms with E-state index in [1.807, 2.05) is 24.3 Å². The van der Waals surface area contributed by atoms with E-state index in [4.69, 9.17) is 9.47 Å². The summed E-state index contributed by atoms with van der Waals surface area (Å²) in [6, 6.07) is 8.38. The molecule has 0 N–H and O–H groups in total. The first-order chi connectivity index (χ1) is 11.7. The Kier molecular flexibility index (Phi) is 5.74. The minimum Gasteiger partial charge on any atom is -0.491 e. The molecule has 5 nitrogen and oxygen atoms in total. The van der Waals surface area contributed by atoms with Gasteiger partial charge >= 0.3 is 0 Å². The molecule has 1 aromatic rings. The molecule has 24 heavy (non-hydrogen) atoms. The van der Waals surface area contributed by atoms with Crippen molar-refractivity contribution in [3.8, 4) is 5.75 Å². The molecule has 3 rings (SSSR count). The summed E-state index contributed by atoms with van der Waals surface area (Å²) >= 11 is 0. The van der Waals surface area contributed by atoms with Gasteiger partial charge in [0, 0.05) is 31.3 Å². The van der Waals surface area contributed by atoms with E-state index in [1.165, 1.54) is 12.8 Å². The predicted octanol–water partition coefficient (Wildman–Crippen LogP) is 2.41. The van der Waals surface area contributed by atoms with Gasteiger partial charge < -0.3 is 19.3 Å². The summed E-state index contributed by atoms with van der Waals surface area (Å²) in [6.07, 6.45) is 4.66. The van der Waals surface area contributed by atoms with Crippen LogP contribution in [0.3, 0.4) is 0 Å². The quantitative estimate of drug-likeness (QED) is 0.750. The number of amides is 1. The van der Waals surface area contributed by atoms with Crippen LogP contribution >= 0.6 is 0 Å². The zero-order valence-corrected chi connectivity index (χ0v) is 14.7. The zero-order valence-electron chi connectivity index (χ0n) is 14.7. The van der Waals surface area contributed by atoms with Crippen LogP contribution in [0.4, 0.5) is 0 Å². The number of benzene rings is 1. The van der Waals surface area contributed by atoms with E-state index in [-0.39, 0.29) is 5.91 Å². The van der Waals surface area contributed by atoms with Gasteiger partial charge in [0.1, 0.15) is 12.4 Å². The van der Waals surface area contributed by atoms with Crippen LogP contribution in [0.2, 0.25) is 0 Å². The molecule has 0 bridgehead atoms. The normalized spacial score (nSPS) is 24.5. The lowest BCUT2D eigenvalue weighted by molar-refractivity contribution is 0.0664. The second kappa shape index (κ2) is 7.99. The maximum Gasteiger partial charge on any atom is 0.254 e. The third-order valence-electron chi connectivity index (χ3n) is 5.22. The van der Waals surface area contributed by atoms with Gasteiger partial charge in [-0.25, -0.2) is 0 Å². The van der Waals surface area contributed by atoms with Gasteiger partial charge in [0.2, 0.25) is 0 Å². The molecule has 132 valence electrons. The minimum absolute atomic E-state index is 0.134. The first-order valence-corrected chi connectivity index (χ1v) is 8.93. The monoisotopic (exact) mass is 332 g/mol. The molecule has 1 aromatic carbocycles. The van der Waals surface area contributed by atoms with Gasteiger partial charge in [-0.2, -0.15) is 0 Å². The predicted molar refractivity (Wildman–Crippen MR) is 93.5 cm³/mol. The number of carbonyl (C=O) groups is 1. The van der Waals surface area contributed by atoms with E-state index in [9.17, 15) is 4.79 Å². The van der Waals surface area contributed by atoms with E-state index in [1.54, 1.807) is 7.11 Å². The highest BCUT2D eigenvalue weighted by molar-refractivity contribution is 5.95. The Bertz CT molecular complexity index is 563. The Hall–Kier alpha value is -1.59. The lowest BCUT2D eigenvalue weighted by atomic mass is 10.0. The van der Waals surface area contributed by atoms with Crippen LogP contribution in [-0.4, -0.2) is 68.3 Å². The van der Waals surface area contributed by atoms with Crippen LogP contribution in [0.25, 0.3) is 0 Å². The Morgan fingerprint density at radius 3 is 2.71 bits per heavy atom. The number of hydrogen-bond acceptors (Lipinski definition) is 4. The van der Waals surface area contributed by atoms with E-state index < -0.39 is 0 Å². The third kappa shape index (κ3) is 3.73. The van der Waals surface area contributed by atoms with Crippen LogP contribution in [-0.2, 0) is 4.74 Å². The van der Waals surface area contributed by atoms with Crippen molar-refractivity contribution in [2.45, 2.75) is 37.8 Å². The minimum atomic E-state index is 0.134. The summed E-state index contributed by atoms with van der Waals surface area (Å²) in [5, 5.41) is 0. The molecule has 2 atom stereocenters. The molecule has 0 aromatic heterocycles. The maximum absolute atomic E-state index is 13.0. The molecular formula is C19H28N2O3. The van der Waals surface area contributed by atoms with Crippen molar-refractivity contribution in [2.75, 3.05) is 40.5 Å². The lowest BCUT2D eigenvalue weighted by Gasteiger charge is -2.33. The maximum atomic E-state index is 13.0. The Morgan fingerprint density at radius 2 is 1.96 bits per heavy atom. The average Bonchev–Trinajstić information content (AvgIpc) is 3.23. The topological polar surface area (TPSA) is 42.0 Å². The molecule has 2 aliphatic heterocycles. The highest BCUT2D eigenvalue weighted by Gasteiger charge is 2.38. The largest absolute Gasteiger partial charge is 0.491 e. The standard InChI is InChI=1S/C19H28N2O3/c1-20-10-4-8-17(20)18-9-5-11-21(18)19(22)15-6-3-7-16(14-15)24-13-12-23-2/h3,6-7,14,17-18H,4-5,8-13H2,1-2H3/t17-,18-/m1/s1. The molecular weight excluding hydrogens is 304 g/mol. The number of likely N-dealkylation sites (tertiary alicyclic amines) is 2. The van der Waals surface area contributed by atoms with Gasteiger partial charge in [-0.1, -0.05) is 6.07 Å². The summed E-state index contributed by atoms with van der Waals surface area (Å²) in [4.78, 5) is 17.5. The number of rotatable bonds is 6. The number of carbonyl (C=O) groups excluding carboxylic acids is 1. The smallest absolute Gasteiger partial charge is 0.254 e. The molecule has 2 heterocycles. The van der Waals surface area contributed by atoms with Crippen molar-refractivity contribution in [3.05, 3.63) is 29.8 Å². The van der Waals surface area contributed by atoms with Crippen LogP contribution in [0.15, 0.2) is 24.3 Å². The molecule has 0 spiro atoms. The number of hydrogen-bond donors (Lipinski definition) is 0. The fraction of sp³-hybridized carbons (Fsp3) is 0.632. The van der Waals surface area contributed by atoms with E-state index in [0.29, 0.717) is 25.3 Å². The average molecular weight is 332 g/mol. The molecule has 0 unspecified atom stereocenters. The molecule has 2 fully saturated rings. The SMILES string of the molecule is COCCOc1cccc(C(=O)N2CCC[C@@H]2[C@H]2CCCN2C)c1. The van der Waals surface area contributed by atoms with Crippen LogP contribution in [0.1, 0.15) is 36.0 Å². The van der Waals surface area contributed by atoms with E-state index in [0.717, 1.165) is 37.2 Å². The van der Waals surface area contributed by atoms with Crippen LogP contribution in [0, 0.1) is 0 Å². The lowest BCUT2D eigenvalue weighted by Crippen LogP contribution is -2.47. The van der Waals surface area contributed by atoms with Crippen molar-refractivity contribution in [1.82, 2.24) is 9.80 Å². The third-order valence-corrected chi connectivity index (χ3v) is 5.22. The van der Waals surface area contributed by atoms with Gasteiger partial charge in [0.25, 0.3) is 5.91 Å². The van der Waals surface area contributed by atoms with Crippen molar-refractivity contribution >= 4 is 5.91 Å². The summed E-state index contributed by atoms with van der Waals surface area (Å²) in [5.41, 5.74) is 0.720. The van der Waals surface area contributed by atoms with Crippen molar-refractivity contribution in [3.63, 3.8) is 0 Å². The Labute approximate surface area is 144 Å². The first kappa shape index (κ1) is 17.2. The van der Waals surface area contributed by atoms with Crippen molar-refractivity contribution in [2.24, 2.45) is 0 Å². The van der Waals surface area contributed by atoms with Crippen molar-refractivity contribution in [1.29, 1.82) is 0 Å². The summed E-state index contributed by atoms with van der Waals surface area (Å²) in [5.74, 6) is 0.863. The van der Waals surface area contributed by atoms with E-state index >= 15 is 0 Å². The van der Waals surface area contributed by atoms with Gasteiger partial charge in [0.05, 0.1) is 6.61 Å². The van der Waals surface area contributed by atoms with E-state index in [2.05, 4.69) is 16.8 Å². The van der Waals surface area contributed by atoms with Crippen LogP contribution < -0.4 is 4.74 Å². The van der Waals surface area contributed by atoms with Gasteiger partial charge in [-0.3, -0.25) is 4.79 Å². The zero-order chi connectivity index (χ0) is 16.9. The molecule has 1 amide bonds. The Morgan fingerprint density at radius 1 is 1.17 bits per heavy atom. The molecule has 0 radical (unpaired) electrons. The van der Waals surface area contributed by atoms with Crippen LogP contribution in [0.5, 0.6) is 5.75 Å². The highest BCUT2D eigenvalue weighted by Crippen LogP contribution is 2.30. The summed E-state index contributed by atoms with van der Waals surface area (Å²) in [6.45, 7) is 3.04. The molecule has 0 aliphatic carbocycles. The van der Waals surface area contributed by atoms with Gasteiger partial charge in [-0.15, -0.1) is 0 Å². The number of methoxy groups -OCH3 is 1. The second-order valence-corrected chi connectivity index (χ2v) is 6.77. The second-order valence-electron chi connectivity index (χ2n) is 6.77. The molecule has 0 saturated carbocycles. The molecule has 2 saturated heterocycles. The molecule has 5 heteroatoms. The van der Waals surface area contributed by atoms with Crippen molar-refractivity contribution < 1.29 is 14.3 Å². The number of likely N-dealkylation sites (N-methyl/N-ethyl adjacent to an activating group) is 1. The summed E-state index contributed by atoms with van der Waals surface area (Å²) in [7, 11) is 3.83. The Balaban J connectivity index is 1.69. The van der Waals surface area contributed by atoms with Gasteiger partial charge in [-0.05, 0) is 57.5 Å². The fourth-order valence-electron chi connectivity index (χ4n) is 3.99. The summed E-state index contributed by atoms with van der Waals surface area (Å²) < 4.78 is 10.6.